The Bertz CT molecular complexity index is 583. The quantitative estimate of drug-likeness (QED) is 0.706. The minimum atomic E-state index is -3.33. The van der Waals surface area contributed by atoms with Gasteiger partial charge in [0, 0.05) is 28.8 Å². The van der Waals surface area contributed by atoms with Gasteiger partial charge in [-0.15, -0.1) is 0 Å². The van der Waals surface area contributed by atoms with Gasteiger partial charge in [0.1, 0.15) is 0 Å². The third kappa shape index (κ3) is 4.90. The number of amides is 1. The van der Waals surface area contributed by atoms with E-state index in [1.165, 1.54) is 4.31 Å². The second kappa shape index (κ2) is 7.52. The smallest absolute Gasteiger partial charge is 0.251 e. The van der Waals surface area contributed by atoms with E-state index in [1.807, 2.05) is 12.1 Å². The van der Waals surface area contributed by atoms with Crippen LogP contribution in [-0.2, 0) is 14.8 Å². The molecule has 1 aromatic carbocycles. The highest BCUT2D eigenvalue weighted by Gasteiger charge is 2.23. The van der Waals surface area contributed by atoms with Crippen molar-refractivity contribution in [2.24, 2.45) is 0 Å². The van der Waals surface area contributed by atoms with Gasteiger partial charge in [0.15, 0.2) is 0 Å². The van der Waals surface area contributed by atoms with Crippen LogP contribution in [0.3, 0.4) is 0 Å². The van der Waals surface area contributed by atoms with E-state index in [4.69, 9.17) is 4.74 Å². The normalized spacial score (nSPS) is 16.6. The molecule has 1 N–H and O–H groups in total. The summed E-state index contributed by atoms with van der Waals surface area (Å²) in [4.78, 5) is 11.9. The molecular formula is C13H17IN2O4S. The molecular weight excluding hydrogens is 407 g/mol. The Morgan fingerprint density at radius 1 is 1.24 bits per heavy atom. The maximum atomic E-state index is 12.1. The molecule has 2 rings (SSSR count). The zero-order valence-electron chi connectivity index (χ0n) is 11.4. The molecule has 0 aliphatic carbocycles. The molecule has 1 heterocycles. The largest absolute Gasteiger partial charge is 0.379 e. The fourth-order valence-corrected chi connectivity index (χ4v) is 3.63. The molecule has 1 saturated heterocycles. The summed E-state index contributed by atoms with van der Waals surface area (Å²) in [6, 6.07) is 7.10. The maximum absolute atomic E-state index is 12.1. The molecule has 1 amide bonds. The van der Waals surface area contributed by atoms with Crippen LogP contribution < -0.4 is 5.32 Å². The van der Waals surface area contributed by atoms with Gasteiger partial charge in [-0.3, -0.25) is 4.79 Å². The van der Waals surface area contributed by atoms with Crippen molar-refractivity contribution in [1.82, 2.24) is 9.62 Å². The number of nitrogens with one attached hydrogen (secondary N) is 1. The summed E-state index contributed by atoms with van der Waals surface area (Å²) in [7, 11) is -3.33. The van der Waals surface area contributed by atoms with E-state index in [1.54, 1.807) is 12.1 Å². The lowest BCUT2D eigenvalue weighted by molar-refractivity contribution is 0.0730. The Morgan fingerprint density at radius 2 is 1.86 bits per heavy atom. The van der Waals surface area contributed by atoms with Crippen LogP contribution in [0.4, 0.5) is 0 Å². The molecule has 0 radical (unpaired) electrons. The van der Waals surface area contributed by atoms with Gasteiger partial charge >= 0.3 is 0 Å². The number of hydrogen-bond acceptors (Lipinski definition) is 4. The van der Waals surface area contributed by atoms with Gasteiger partial charge in [-0.05, 0) is 46.9 Å². The van der Waals surface area contributed by atoms with Crippen molar-refractivity contribution in [3.8, 4) is 0 Å². The molecule has 0 unspecified atom stereocenters. The van der Waals surface area contributed by atoms with Gasteiger partial charge in [-0.2, -0.15) is 4.31 Å². The van der Waals surface area contributed by atoms with Crippen molar-refractivity contribution in [1.29, 1.82) is 0 Å². The van der Waals surface area contributed by atoms with Crippen LogP contribution in [0.15, 0.2) is 24.3 Å². The van der Waals surface area contributed by atoms with Crippen LogP contribution in [0.25, 0.3) is 0 Å². The Labute approximate surface area is 138 Å². The lowest BCUT2D eigenvalue weighted by atomic mass is 10.2. The first kappa shape index (κ1) is 16.7. The number of halogens is 1. The van der Waals surface area contributed by atoms with E-state index in [2.05, 4.69) is 27.9 Å². The Balaban J connectivity index is 1.83. The zero-order chi connectivity index (χ0) is 15.3. The van der Waals surface area contributed by atoms with E-state index in [0.29, 0.717) is 31.9 Å². The topological polar surface area (TPSA) is 75.7 Å². The van der Waals surface area contributed by atoms with Crippen molar-refractivity contribution < 1.29 is 17.9 Å². The van der Waals surface area contributed by atoms with Gasteiger partial charge in [0.05, 0.1) is 19.0 Å². The number of hydrogen-bond donors (Lipinski definition) is 1. The van der Waals surface area contributed by atoms with E-state index >= 15 is 0 Å². The lowest BCUT2D eigenvalue weighted by Gasteiger charge is -2.26. The second-order valence-electron chi connectivity index (χ2n) is 4.59. The van der Waals surface area contributed by atoms with Gasteiger partial charge in [0.2, 0.25) is 10.0 Å². The molecule has 0 bridgehead atoms. The average Bonchev–Trinajstić information content (AvgIpc) is 2.48. The van der Waals surface area contributed by atoms with Crippen molar-refractivity contribution in [2.45, 2.75) is 0 Å². The van der Waals surface area contributed by atoms with Crippen LogP contribution >= 0.6 is 22.6 Å². The van der Waals surface area contributed by atoms with Crippen LogP contribution in [0.5, 0.6) is 0 Å². The Kier molecular flexibility index (Phi) is 5.97. The number of rotatable bonds is 5. The predicted octanol–water partition coefficient (Wildman–Crippen LogP) is 0.683. The minimum Gasteiger partial charge on any atom is -0.379 e. The highest BCUT2D eigenvalue weighted by molar-refractivity contribution is 14.1. The number of ether oxygens (including phenoxy) is 1. The molecule has 21 heavy (non-hydrogen) atoms. The number of morpholine rings is 1. The van der Waals surface area contributed by atoms with E-state index in [9.17, 15) is 13.2 Å². The fourth-order valence-electron chi connectivity index (χ4n) is 1.95. The molecule has 0 spiro atoms. The third-order valence-corrected chi connectivity index (χ3v) is 5.71. The standard InChI is InChI=1S/C13H17IN2O4S/c14-12-3-1-11(2-4-12)13(17)15-5-10-21(18,19)16-6-8-20-9-7-16/h1-4H,5-10H2,(H,15,17). The van der Waals surface area contributed by atoms with Crippen molar-refractivity contribution in [3.63, 3.8) is 0 Å². The molecule has 1 fully saturated rings. The number of nitrogens with zero attached hydrogens (tertiary/aromatic N) is 1. The fraction of sp³-hybridized carbons (Fsp3) is 0.462. The maximum Gasteiger partial charge on any atom is 0.251 e. The van der Waals surface area contributed by atoms with Crippen LogP contribution in [0.1, 0.15) is 10.4 Å². The first-order chi connectivity index (χ1) is 9.99. The first-order valence-electron chi connectivity index (χ1n) is 6.58. The number of sulfonamides is 1. The average molecular weight is 424 g/mol. The third-order valence-electron chi connectivity index (χ3n) is 3.12. The van der Waals surface area contributed by atoms with E-state index in [0.717, 1.165) is 3.57 Å². The predicted molar refractivity (Wildman–Crippen MR) is 87.7 cm³/mol. The molecule has 1 aliphatic rings. The van der Waals surface area contributed by atoms with Crippen molar-refractivity contribution in [2.75, 3.05) is 38.6 Å². The number of carbonyl (C=O) groups is 1. The Morgan fingerprint density at radius 3 is 2.48 bits per heavy atom. The van der Waals surface area contributed by atoms with Gasteiger partial charge in [0.25, 0.3) is 5.91 Å². The summed E-state index contributed by atoms with van der Waals surface area (Å²) in [5, 5.41) is 2.64. The summed E-state index contributed by atoms with van der Waals surface area (Å²) < 4.78 is 31.7. The molecule has 1 aliphatic heterocycles. The molecule has 8 heteroatoms. The summed E-state index contributed by atoms with van der Waals surface area (Å²) in [5.74, 6) is -0.355. The number of carbonyl (C=O) groups excluding carboxylic acids is 1. The van der Waals surface area contributed by atoms with Gasteiger partial charge < -0.3 is 10.1 Å². The minimum absolute atomic E-state index is 0.0941. The number of benzene rings is 1. The molecule has 6 nitrogen and oxygen atoms in total. The molecule has 1 aromatic rings. The highest BCUT2D eigenvalue weighted by atomic mass is 127. The molecule has 0 saturated carbocycles. The first-order valence-corrected chi connectivity index (χ1v) is 9.27. The van der Waals surface area contributed by atoms with Crippen LogP contribution in [0.2, 0.25) is 0 Å². The van der Waals surface area contributed by atoms with Crippen LogP contribution in [-0.4, -0.2) is 57.2 Å². The SMILES string of the molecule is O=C(NCCS(=O)(=O)N1CCOCC1)c1ccc(I)cc1. The lowest BCUT2D eigenvalue weighted by Crippen LogP contribution is -2.43. The van der Waals surface area contributed by atoms with Crippen molar-refractivity contribution in [3.05, 3.63) is 33.4 Å². The monoisotopic (exact) mass is 424 g/mol. The summed E-state index contributed by atoms with van der Waals surface area (Å²) in [6.45, 7) is 1.72. The molecule has 116 valence electrons. The van der Waals surface area contributed by atoms with E-state index in [-0.39, 0.29) is 18.2 Å². The zero-order valence-corrected chi connectivity index (χ0v) is 14.4. The summed E-state index contributed by atoms with van der Waals surface area (Å²) >= 11 is 2.16. The molecule has 0 atom stereocenters. The van der Waals surface area contributed by atoms with E-state index < -0.39 is 10.0 Å². The van der Waals surface area contributed by atoms with Crippen molar-refractivity contribution >= 4 is 38.5 Å². The van der Waals surface area contributed by atoms with Crippen LogP contribution in [0, 0.1) is 3.57 Å². The Hall–Kier alpha value is -0.710. The summed E-state index contributed by atoms with van der Waals surface area (Å²) in [5.41, 5.74) is 0.527. The van der Waals surface area contributed by atoms with Gasteiger partial charge in [-0.1, -0.05) is 0 Å². The second-order valence-corrected chi connectivity index (χ2v) is 7.92. The molecule has 0 aromatic heterocycles. The highest BCUT2D eigenvalue weighted by Crippen LogP contribution is 2.07. The van der Waals surface area contributed by atoms with Gasteiger partial charge in [-0.25, -0.2) is 8.42 Å². The summed E-state index contributed by atoms with van der Waals surface area (Å²) in [6.07, 6.45) is 0.